The van der Waals surface area contributed by atoms with Crippen LogP contribution in [0.15, 0.2) is 0 Å². The number of carboxylic acids is 1. The Morgan fingerprint density at radius 1 is 1.24 bits per heavy atom. The predicted octanol–water partition coefficient (Wildman–Crippen LogP) is 1.42. The lowest BCUT2D eigenvalue weighted by atomic mass is 10.2. The van der Waals surface area contributed by atoms with Crippen LogP contribution in [-0.2, 0) is 14.3 Å². The molecule has 0 bridgehead atoms. The van der Waals surface area contributed by atoms with E-state index >= 15 is 0 Å². The van der Waals surface area contributed by atoms with Crippen molar-refractivity contribution in [2.24, 2.45) is 5.92 Å². The Morgan fingerprint density at radius 2 is 1.88 bits per heavy atom. The first-order valence-electron chi connectivity index (χ1n) is 6.08. The Morgan fingerprint density at radius 3 is 2.47 bits per heavy atom. The zero-order chi connectivity index (χ0) is 13.1. The Hall–Kier alpha value is -1.10. The number of carbonyl (C=O) groups excluding carboxylic acids is 1. The lowest BCUT2D eigenvalue weighted by Gasteiger charge is -2.07. The molecule has 0 fully saturated rings. The van der Waals surface area contributed by atoms with Gasteiger partial charge in [0.05, 0.1) is 6.61 Å². The molecule has 0 saturated carbocycles. The van der Waals surface area contributed by atoms with Crippen LogP contribution in [0.25, 0.3) is 0 Å². The molecule has 0 aliphatic rings. The number of rotatable bonds is 10. The van der Waals surface area contributed by atoms with Crippen molar-refractivity contribution in [1.29, 1.82) is 0 Å². The van der Waals surface area contributed by atoms with Gasteiger partial charge < -0.3 is 15.2 Å². The third-order valence-corrected chi connectivity index (χ3v) is 2.06. The van der Waals surface area contributed by atoms with Crippen molar-refractivity contribution in [1.82, 2.24) is 5.32 Å². The van der Waals surface area contributed by atoms with E-state index in [2.05, 4.69) is 19.2 Å². The van der Waals surface area contributed by atoms with Crippen LogP contribution in [0.5, 0.6) is 0 Å². The van der Waals surface area contributed by atoms with Crippen LogP contribution in [0.1, 0.15) is 39.5 Å². The zero-order valence-electron chi connectivity index (χ0n) is 10.7. The predicted molar refractivity (Wildman–Crippen MR) is 64.8 cm³/mol. The maximum absolute atomic E-state index is 11.3. The Labute approximate surface area is 103 Å². The Bertz CT molecular complexity index is 229. The molecular weight excluding hydrogens is 222 g/mol. The Balaban J connectivity index is 3.26. The van der Waals surface area contributed by atoms with Gasteiger partial charge in [-0.25, -0.2) is 0 Å². The third-order valence-electron chi connectivity index (χ3n) is 2.06. The molecule has 17 heavy (non-hydrogen) atoms. The minimum Gasteiger partial charge on any atom is -0.481 e. The van der Waals surface area contributed by atoms with Crippen LogP contribution in [0.3, 0.4) is 0 Å². The fourth-order valence-corrected chi connectivity index (χ4v) is 1.23. The van der Waals surface area contributed by atoms with Gasteiger partial charge in [0.25, 0.3) is 0 Å². The first kappa shape index (κ1) is 15.9. The molecular formula is C12H23NO4. The van der Waals surface area contributed by atoms with Gasteiger partial charge in [0.1, 0.15) is 0 Å². The van der Waals surface area contributed by atoms with E-state index in [1.807, 2.05) is 0 Å². The number of carboxylic acid groups (broad SMARTS) is 1. The largest absolute Gasteiger partial charge is 0.481 e. The minimum absolute atomic E-state index is 0.0384. The van der Waals surface area contributed by atoms with Gasteiger partial charge in [-0.05, 0) is 18.8 Å². The number of unbranched alkanes of at least 4 members (excludes halogenated alkanes) is 1. The number of aliphatic carboxylic acids is 1. The van der Waals surface area contributed by atoms with Crippen molar-refractivity contribution in [3.05, 3.63) is 0 Å². The van der Waals surface area contributed by atoms with Gasteiger partial charge in [0.2, 0.25) is 5.91 Å². The van der Waals surface area contributed by atoms with E-state index in [0.29, 0.717) is 44.9 Å². The number of amides is 1. The first-order chi connectivity index (χ1) is 8.02. The number of hydrogen-bond donors (Lipinski definition) is 2. The SMILES string of the molecule is CC(C)COCCNC(=O)CCCCC(=O)O. The lowest BCUT2D eigenvalue weighted by Crippen LogP contribution is -2.27. The molecule has 0 heterocycles. The number of nitrogens with one attached hydrogen (secondary N) is 1. The minimum atomic E-state index is -0.813. The normalized spacial score (nSPS) is 10.5. The topological polar surface area (TPSA) is 75.6 Å². The van der Waals surface area contributed by atoms with Gasteiger partial charge >= 0.3 is 5.97 Å². The highest BCUT2D eigenvalue weighted by atomic mass is 16.5. The van der Waals surface area contributed by atoms with Crippen LogP contribution in [0, 0.1) is 5.92 Å². The molecule has 0 aromatic carbocycles. The van der Waals surface area contributed by atoms with E-state index in [1.165, 1.54) is 0 Å². The van der Waals surface area contributed by atoms with Crippen LogP contribution in [0.4, 0.5) is 0 Å². The van der Waals surface area contributed by atoms with Crippen molar-refractivity contribution in [3.8, 4) is 0 Å². The summed E-state index contributed by atoms with van der Waals surface area (Å²) in [5.41, 5.74) is 0. The molecule has 0 atom stereocenters. The monoisotopic (exact) mass is 245 g/mol. The van der Waals surface area contributed by atoms with Gasteiger partial charge in [-0.1, -0.05) is 13.8 Å². The van der Waals surface area contributed by atoms with Crippen LogP contribution >= 0.6 is 0 Å². The van der Waals surface area contributed by atoms with Crippen LogP contribution in [-0.4, -0.2) is 36.7 Å². The van der Waals surface area contributed by atoms with Gasteiger partial charge in [0, 0.05) is 26.0 Å². The molecule has 5 nitrogen and oxygen atoms in total. The molecule has 100 valence electrons. The molecule has 5 heteroatoms. The summed E-state index contributed by atoms with van der Waals surface area (Å²) in [6, 6.07) is 0. The lowest BCUT2D eigenvalue weighted by molar-refractivity contribution is -0.137. The van der Waals surface area contributed by atoms with Crippen molar-refractivity contribution in [2.75, 3.05) is 19.8 Å². The Kier molecular flexibility index (Phi) is 9.43. The first-order valence-corrected chi connectivity index (χ1v) is 6.08. The zero-order valence-corrected chi connectivity index (χ0v) is 10.7. The van der Waals surface area contributed by atoms with Gasteiger partial charge in [0.15, 0.2) is 0 Å². The average molecular weight is 245 g/mol. The third kappa shape index (κ3) is 12.8. The smallest absolute Gasteiger partial charge is 0.303 e. The second-order valence-electron chi connectivity index (χ2n) is 4.42. The molecule has 0 saturated heterocycles. The van der Waals surface area contributed by atoms with Gasteiger partial charge in [-0.2, -0.15) is 0 Å². The molecule has 0 aliphatic carbocycles. The van der Waals surface area contributed by atoms with Crippen molar-refractivity contribution in [3.63, 3.8) is 0 Å². The summed E-state index contributed by atoms with van der Waals surface area (Å²) in [5.74, 6) is -0.349. The molecule has 2 N–H and O–H groups in total. The second-order valence-corrected chi connectivity index (χ2v) is 4.42. The summed E-state index contributed by atoms with van der Waals surface area (Å²) >= 11 is 0. The van der Waals surface area contributed by atoms with Crippen molar-refractivity contribution in [2.45, 2.75) is 39.5 Å². The molecule has 0 radical (unpaired) electrons. The summed E-state index contributed by atoms with van der Waals surface area (Å²) in [6.07, 6.45) is 1.68. The quantitative estimate of drug-likeness (QED) is 0.571. The van der Waals surface area contributed by atoms with Crippen molar-refractivity contribution >= 4 is 11.9 Å². The number of carbonyl (C=O) groups is 2. The molecule has 0 aromatic rings. The molecule has 1 amide bonds. The van der Waals surface area contributed by atoms with E-state index < -0.39 is 5.97 Å². The number of ether oxygens (including phenoxy) is 1. The second kappa shape index (κ2) is 10.1. The maximum Gasteiger partial charge on any atom is 0.303 e. The maximum atomic E-state index is 11.3. The molecule has 0 aromatic heterocycles. The number of hydrogen-bond acceptors (Lipinski definition) is 3. The molecule has 0 rings (SSSR count). The van der Waals surface area contributed by atoms with Crippen molar-refractivity contribution < 1.29 is 19.4 Å². The van der Waals surface area contributed by atoms with E-state index in [9.17, 15) is 9.59 Å². The van der Waals surface area contributed by atoms with E-state index in [1.54, 1.807) is 0 Å². The summed E-state index contributed by atoms with van der Waals surface area (Å²) < 4.78 is 5.31. The molecule has 0 aliphatic heterocycles. The summed E-state index contributed by atoms with van der Waals surface area (Å²) in [5, 5.41) is 11.1. The molecule has 0 unspecified atom stereocenters. The fraction of sp³-hybridized carbons (Fsp3) is 0.833. The summed E-state index contributed by atoms with van der Waals surface area (Å²) in [4.78, 5) is 21.5. The van der Waals surface area contributed by atoms with E-state index in [-0.39, 0.29) is 12.3 Å². The summed E-state index contributed by atoms with van der Waals surface area (Å²) in [6.45, 7) is 5.89. The highest BCUT2D eigenvalue weighted by Crippen LogP contribution is 1.99. The van der Waals surface area contributed by atoms with Gasteiger partial charge in [-0.15, -0.1) is 0 Å². The van der Waals surface area contributed by atoms with Crippen LogP contribution < -0.4 is 5.32 Å². The standard InChI is InChI=1S/C12H23NO4/c1-10(2)9-17-8-7-13-11(14)5-3-4-6-12(15)16/h10H,3-9H2,1-2H3,(H,13,14)(H,15,16). The van der Waals surface area contributed by atoms with Crippen LogP contribution in [0.2, 0.25) is 0 Å². The van der Waals surface area contributed by atoms with E-state index in [0.717, 1.165) is 0 Å². The van der Waals surface area contributed by atoms with Gasteiger partial charge in [-0.3, -0.25) is 9.59 Å². The average Bonchev–Trinajstić information content (AvgIpc) is 2.23. The summed E-state index contributed by atoms with van der Waals surface area (Å²) in [7, 11) is 0. The molecule has 0 spiro atoms. The fourth-order valence-electron chi connectivity index (χ4n) is 1.23. The highest BCUT2D eigenvalue weighted by Gasteiger charge is 2.02. The van der Waals surface area contributed by atoms with E-state index in [4.69, 9.17) is 9.84 Å². The highest BCUT2D eigenvalue weighted by molar-refractivity contribution is 5.75.